The molecule has 6 nitrogen and oxygen atoms in total. The first-order valence-corrected chi connectivity index (χ1v) is 10.5. The Labute approximate surface area is 178 Å². The Bertz CT molecular complexity index is 758. The Kier molecular flexibility index (Phi) is 6.74. The number of hydrogen-bond donors (Lipinski definition) is 2. The van der Waals surface area contributed by atoms with Crippen LogP contribution in [0.4, 0.5) is 5.69 Å². The van der Waals surface area contributed by atoms with Crippen molar-refractivity contribution in [2.24, 2.45) is 23.5 Å². The number of fused-ring (bicyclic) bond motifs is 2. The number of nitrogens with two attached hydrogens (primary N) is 1. The van der Waals surface area contributed by atoms with Gasteiger partial charge in [0.05, 0.1) is 18.7 Å². The SMILES string of the molecule is COc1ccc(C)cc1N1CC(C(=O)NC2C3CCCC2CC(N)C3)CC1=O.Cl. The molecule has 3 fully saturated rings. The molecule has 29 heavy (non-hydrogen) atoms. The molecule has 1 saturated heterocycles. The van der Waals surface area contributed by atoms with Crippen LogP contribution in [-0.4, -0.2) is 37.6 Å². The molecule has 2 saturated carbocycles. The zero-order chi connectivity index (χ0) is 19.8. The quantitative estimate of drug-likeness (QED) is 0.782. The molecule has 7 heteroatoms. The topological polar surface area (TPSA) is 84.7 Å². The lowest BCUT2D eigenvalue weighted by Crippen LogP contribution is -2.54. The van der Waals surface area contributed by atoms with Crippen LogP contribution in [0.25, 0.3) is 0 Å². The van der Waals surface area contributed by atoms with Crippen LogP contribution < -0.4 is 20.7 Å². The molecule has 4 rings (SSSR count). The first kappa shape index (κ1) is 21.9. The molecule has 0 spiro atoms. The molecule has 160 valence electrons. The summed E-state index contributed by atoms with van der Waals surface area (Å²) in [6.07, 6.45) is 5.77. The van der Waals surface area contributed by atoms with Gasteiger partial charge in [0, 0.05) is 25.0 Å². The van der Waals surface area contributed by atoms with E-state index in [0.29, 0.717) is 24.1 Å². The molecule has 3 aliphatic rings. The third-order valence-corrected chi connectivity index (χ3v) is 6.81. The van der Waals surface area contributed by atoms with Crippen molar-refractivity contribution < 1.29 is 14.3 Å². The lowest BCUT2D eigenvalue weighted by molar-refractivity contribution is -0.128. The summed E-state index contributed by atoms with van der Waals surface area (Å²) in [6, 6.07) is 6.26. The van der Waals surface area contributed by atoms with Crippen LogP contribution in [0.1, 0.15) is 44.1 Å². The molecule has 3 N–H and O–H groups in total. The van der Waals surface area contributed by atoms with Crippen molar-refractivity contribution in [3.8, 4) is 5.75 Å². The predicted molar refractivity (Wildman–Crippen MR) is 115 cm³/mol. The molecule has 2 bridgehead atoms. The van der Waals surface area contributed by atoms with Crippen molar-refractivity contribution in [3.63, 3.8) is 0 Å². The molecule has 1 aromatic rings. The van der Waals surface area contributed by atoms with Crippen molar-refractivity contribution >= 4 is 29.9 Å². The van der Waals surface area contributed by atoms with E-state index in [1.165, 1.54) is 6.42 Å². The van der Waals surface area contributed by atoms with E-state index in [0.717, 1.165) is 36.9 Å². The van der Waals surface area contributed by atoms with Gasteiger partial charge in [-0.05, 0) is 62.1 Å². The van der Waals surface area contributed by atoms with E-state index in [-0.39, 0.29) is 48.6 Å². The van der Waals surface area contributed by atoms with E-state index < -0.39 is 0 Å². The van der Waals surface area contributed by atoms with Crippen LogP contribution in [0.5, 0.6) is 5.75 Å². The number of nitrogens with one attached hydrogen (secondary N) is 1. The minimum Gasteiger partial charge on any atom is -0.495 e. The van der Waals surface area contributed by atoms with Crippen LogP contribution in [0.3, 0.4) is 0 Å². The highest BCUT2D eigenvalue weighted by Gasteiger charge is 2.42. The summed E-state index contributed by atoms with van der Waals surface area (Å²) in [5.41, 5.74) is 8.02. The number of rotatable bonds is 4. The molecule has 1 aromatic carbocycles. The van der Waals surface area contributed by atoms with Gasteiger partial charge in [0.1, 0.15) is 5.75 Å². The fourth-order valence-corrected chi connectivity index (χ4v) is 5.43. The number of methoxy groups -OCH3 is 1. The van der Waals surface area contributed by atoms with Gasteiger partial charge in [-0.3, -0.25) is 9.59 Å². The van der Waals surface area contributed by atoms with Crippen LogP contribution in [0.2, 0.25) is 0 Å². The molecular weight excluding hydrogens is 390 g/mol. The van der Waals surface area contributed by atoms with Crippen LogP contribution >= 0.6 is 12.4 Å². The van der Waals surface area contributed by atoms with Crippen molar-refractivity contribution in [2.75, 3.05) is 18.6 Å². The zero-order valence-electron chi connectivity index (χ0n) is 17.2. The van der Waals surface area contributed by atoms with Crippen molar-refractivity contribution in [3.05, 3.63) is 23.8 Å². The highest BCUT2D eigenvalue weighted by atomic mass is 35.5. The molecular formula is C22H32ClN3O3. The van der Waals surface area contributed by atoms with Crippen LogP contribution in [0, 0.1) is 24.7 Å². The number of anilines is 1. The second-order valence-electron chi connectivity index (χ2n) is 8.80. The van der Waals surface area contributed by atoms with Crippen LogP contribution in [0.15, 0.2) is 18.2 Å². The monoisotopic (exact) mass is 421 g/mol. The Morgan fingerprint density at radius 2 is 1.93 bits per heavy atom. The summed E-state index contributed by atoms with van der Waals surface area (Å²) in [5.74, 6) is 1.31. The normalized spacial score (nSPS) is 31.2. The Morgan fingerprint density at radius 1 is 1.24 bits per heavy atom. The molecule has 2 amide bonds. The Morgan fingerprint density at radius 3 is 2.59 bits per heavy atom. The standard InChI is InChI=1S/C22H31N3O3.ClH/c1-13-6-7-19(28-2)18(8-13)25-12-16(11-20(25)26)22(27)24-21-14-4-3-5-15(21)10-17(23)9-14;/h6-8,14-17,21H,3-5,9-12,23H2,1-2H3,(H,24,27);1H. The Hall–Kier alpha value is -1.79. The third kappa shape index (κ3) is 4.38. The number of carbonyl (C=O) groups excluding carboxylic acids is 2. The number of nitrogens with zero attached hydrogens (tertiary/aromatic N) is 1. The van der Waals surface area contributed by atoms with E-state index in [2.05, 4.69) is 5.32 Å². The van der Waals surface area contributed by atoms with Gasteiger partial charge in [0.2, 0.25) is 11.8 Å². The van der Waals surface area contributed by atoms with Gasteiger partial charge >= 0.3 is 0 Å². The van der Waals surface area contributed by atoms with E-state index in [9.17, 15) is 9.59 Å². The molecule has 1 heterocycles. The number of halogens is 1. The maximum absolute atomic E-state index is 13.0. The number of ether oxygens (including phenoxy) is 1. The third-order valence-electron chi connectivity index (χ3n) is 6.81. The second-order valence-corrected chi connectivity index (χ2v) is 8.80. The maximum Gasteiger partial charge on any atom is 0.227 e. The van der Waals surface area contributed by atoms with Crippen molar-refractivity contribution in [2.45, 2.75) is 57.5 Å². The molecule has 3 unspecified atom stereocenters. The maximum atomic E-state index is 13.0. The van der Waals surface area contributed by atoms with E-state index in [1.807, 2.05) is 25.1 Å². The first-order chi connectivity index (χ1) is 13.5. The Balaban J connectivity index is 0.00000240. The van der Waals surface area contributed by atoms with E-state index >= 15 is 0 Å². The summed E-state index contributed by atoms with van der Waals surface area (Å²) in [5, 5.41) is 3.31. The first-order valence-electron chi connectivity index (χ1n) is 10.5. The van der Waals surface area contributed by atoms with Gasteiger partial charge in [-0.1, -0.05) is 12.5 Å². The van der Waals surface area contributed by atoms with Crippen molar-refractivity contribution in [1.82, 2.24) is 5.32 Å². The highest BCUT2D eigenvalue weighted by molar-refractivity contribution is 6.01. The summed E-state index contributed by atoms with van der Waals surface area (Å²) in [6.45, 7) is 2.40. The lowest BCUT2D eigenvalue weighted by Gasteiger charge is -2.45. The molecule has 0 radical (unpaired) electrons. The van der Waals surface area contributed by atoms with Gasteiger partial charge in [0.15, 0.2) is 0 Å². The average molecular weight is 422 g/mol. The fourth-order valence-electron chi connectivity index (χ4n) is 5.43. The molecule has 0 aromatic heterocycles. The number of hydrogen-bond acceptors (Lipinski definition) is 4. The van der Waals surface area contributed by atoms with Gasteiger partial charge < -0.3 is 20.7 Å². The summed E-state index contributed by atoms with van der Waals surface area (Å²) in [4.78, 5) is 27.4. The fraction of sp³-hybridized carbons (Fsp3) is 0.636. The average Bonchev–Trinajstić information content (AvgIpc) is 3.04. The number of amides is 2. The van der Waals surface area contributed by atoms with E-state index in [4.69, 9.17) is 10.5 Å². The molecule has 2 aliphatic carbocycles. The minimum absolute atomic E-state index is 0. The lowest BCUT2D eigenvalue weighted by atomic mass is 9.67. The number of aryl methyl sites for hydroxylation is 1. The second kappa shape index (κ2) is 8.92. The van der Waals surface area contributed by atoms with Gasteiger partial charge in [0.25, 0.3) is 0 Å². The van der Waals surface area contributed by atoms with E-state index in [1.54, 1.807) is 12.0 Å². The van der Waals surface area contributed by atoms with Gasteiger partial charge in [-0.25, -0.2) is 0 Å². The smallest absolute Gasteiger partial charge is 0.227 e. The number of carbonyl (C=O) groups is 2. The largest absolute Gasteiger partial charge is 0.495 e. The van der Waals surface area contributed by atoms with Gasteiger partial charge in [-0.15, -0.1) is 12.4 Å². The van der Waals surface area contributed by atoms with Crippen LogP contribution in [-0.2, 0) is 9.59 Å². The molecule has 3 atom stereocenters. The number of benzene rings is 1. The summed E-state index contributed by atoms with van der Waals surface area (Å²) in [7, 11) is 1.60. The van der Waals surface area contributed by atoms with Gasteiger partial charge in [-0.2, -0.15) is 0 Å². The molecule has 1 aliphatic heterocycles. The minimum atomic E-state index is -0.311. The summed E-state index contributed by atoms with van der Waals surface area (Å²) < 4.78 is 5.43. The predicted octanol–water partition coefficient (Wildman–Crippen LogP) is 2.80. The zero-order valence-corrected chi connectivity index (χ0v) is 18.0. The van der Waals surface area contributed by atoms with Crippen molar-refractivity contribution in [1.29, 1.82) is 0 Å². The summed E-state index contributed by atoms with van der Waals surface area (Å²) >= 11 is 0. The highest BCUT2D eigenvalue weighted by Crippen LogP contribution is 2.40.